The van der Waals surface area contributed by atoms with E-state index in [0.29, 0.717) is 18.2 Å². The first-order valence-corrected chi connectivity index (χ1v) is 7.88. The molecule has 1 unspecified atom stereocenters. The van der Waals surface area contributed by atoms with Gasteiger partial charge in [0.05, 0.1) is 0 Å². The summed E-state index contributed by atoms with van der Waals surface area (Å²) in [7, 11) is 0. The number of rotatable bonds is 10. The van der Waals surface area contributed by atoms with Crippen LogP contribution in [0.25, 0.3) is 0 Å². The van der Waals surface area contributed by atoms with Crippen LogP contribution in [0.15, 0.2) is 24.3 Å². The van der Waals surface area contributed by atoms with Gasteiger partial charge in [-0.25, -0.2) is 0 Å². The molecular formula is C17H28N2O2. The number of nitrogens with one attached hydrogen (secondary N) is 1. The molecule has 0 fully saturated rings. The average Bonchev–Trinajstić information content (AvgIpc) is 2.53. The van der Waals surface area contributed by atoms with Gasteiger partial charge in [0.25, 0.3) is 5.91 Å². The minimum Gasteiger partial charge on any atom is -0.484 e. The Morgan fingerprint density at radius 1 is 1.29 bits per heavy atom. The molecule has 0 aliphatic carbocycles. The van der Waals surface area contributed by atoms with Crippen LogP contribution < -0.4 is 15.8 Å². The Morgan fingerprint density at radius 3 is 2.57 bits per heavy atom. The van der Waals surface area contributed by atoms with E-state index < -0.39 is 0 Å². The molecule has 118 valence electrons. The van der Waals surface area contributed by atoms with Gasteiger partial charge in [0.1, 0.15) is 5.75 Å². The Hall–Kier alpha value is -1.55. The number of carbonyl (C=O) groups excluding carboxylic acids is 1. The van der Waals surface area contributed by atoms with Gasteiger partial charge in [-0.15, -0.1) is 0 Å². The van der Waals surface area contributed by atoms with Gasteiger partial charge in [0, 0.05) is 13.1 Å². The minimum absolute atomic E-state index is 0.0617. The van der Waals surface area contributed by atoms with Crippen LogP contribution in [-0.4, -0.2) is 19.1 Å². The Kier molecular flexibility index (Phi) is 8.51. The predicted octanol–water partition coefficient (Wildman–Crippen LogP) is 2.86. The zero-order valence-electron chi connectivity index (χ0n) is 13.2. The fourth-order valence-corrected chi connectivity index (χ4v) is 2.12. The van der Waals surface area contributed by atoms with Gasteiger partial charge < -0.3 is 15.8 Å². The first-order chi connectivity index (χ1) is 10.2. The normalized spacial score (nSPS) is 12.0. The Morgan fingerprint density at radius 2 is 2.00 bits per heavy atom. The molecule has 1 rings (SSSR count). The minimum atomic E-state index is -0.0622. The second kappa shape index (κ2) is 10.2. The molecule has 0 aliphatic heterocycles. The summed E-state index contributed by atoms with van der Waals surface area (Å²) in [4.78, 5) is 11.8. The number of carbonyl (C=O) groups is 1. The van der Waals surface area contributed by atoms with Gasteiger partial charge in [-0.1, -0.05) is 45.2 Å². The molecule has 4 nitrogen and oxygen atoms in total. The van der Waals surface area contributed by atoms with Gasteiger partial charge in [-0.2, -0.15) is 0 Å². The van der Waals surface area contributed by atoms with E-state index in [0.717, 1.165) is 18.5 Å². The number of benzene rings is 1. The summed E-state index contributed by atoms with van der Waals surface area (Å²) in [5.41, 5.74) is 6.58. The van der Waals surface area contributed by atoms with Crippen molar-refractivity contribution in [3.05, 3.63) is 29.8 Å². The first-order valence-electron chi connectivity index (χ1n) is 7.88. The molecule has 0 saturated carbocycles. The summed E-state index contributed by atoms with van der Waals surface area (Å²) in [6.45, 7) is 5.67. The van der Waals surface area contributed by atoms with Gasteiger partial charge in [0.2, 0.25) is 0 Å². The van der Waals surface area contributed by atoms with E-state index in [2.05, 4.69) is 19.2 Å². The summed E-state index contributed by atoms with van der Waals surface area (Å²) in [6.07, 6.45) is 4.70. The third kappa shape index (κ3) is 7.14. The lowest BCUT2D eigenvalue weighted by atomic mass is 9.99. The molecule has 1 aromatic carbocycles. The van der Waals surface area contributed by atoms with Crippen molar-refractivity contribution in [2.45, 2.75) is 46.1 Å². The van der Waals surface area contributed by atoms with Crippen LogP contribution in [0.5, 0.6) is 5.75 Å². The van der Waals surface area contributed by atoms with Crippen LogP contribution in [0.4, 0.5) is 0 Å². The van der Waals surface area contributed by atoms with Crippen molar-refractivity contribution in [2.75, 3.05) is 13.2 Å². The molecule has 0 heterocycles. The van der Waals surface area contributed by atoms with Crippen LogP contribution >= 0.6 is 0 Å². The van der Waals surface area contributed by atoms with Crippen molar-refractivity contribution in [3.63, 3.8) is 0 Å². The van der Waals surface area contributed by atoms with Crippen molar-refractivity contribution in [1.82, 2.24) is 5.32 Å². The number of ether oxygens (including phenoxy) is 1. The van der Waals surface area contributed by atoms with E-state index in [9.17, 15) is 4.79 Å². The van der Waals surface area contributed by atoms with Gasteiger partial charge in [-0.3, -0.25) is 4.79 Å². The molecule has 1 atom stereocenters. The Balaban J connectivity index is 2.26. The number of hydrogen-bond acceptors (Lipinski definition) is 3. The maximum absolute atomic E-state index is 11.8. The topological polar surface area (TPSA) is 64.3 Å². The molecule has 21 heavy (non-hydrogen) atoms. The highest BCUT2D eigenvalue weighted by Crippen LogP contribution is 2.12. The fourth-order valence-electron chi connectivity index (χ4n) is 2.12. The lowest BCUT2D eigenvalue weighted by Gasteiger charge is -2.15. The molecule has 0 bridgehead atoms. The molecule has 0 spiro atoms. The molecule has 0 saturated heterocycles. The van der Waals surface area contributed by atoms with Crippen LogP contribution in [0.3, 0.4) is 0 Å². The molecular weight excluding hydrogens is 264 g/mol. The number of amides is 1. The molecule has 1 aromatic rings. The van der Waals surface area contributed by atoms with E-state index in [1.807, 2.05) is 24.3 Å². The molecule has 3 N–H and O–H groups in total. The second-order valence-electron chi connectivity index (χ2n) is 5.36. The second-order valence-corrected chi connectivity index (χ2v) is 5.36. The highest BCUT2D eigenvalue weighted by Gasteiger charge is 2.08. The maximum atomic E-state index is 11.8. The van der Waals surface area contributed by atoms with Crippen LogP contribution in [-0.2, 0) is 11.3 Å². The largest absolute Gasteiger partial charge is 0.484 e. The fraction of sp³-hybridized carbons (Fsp3) is 0.588. The van der Waals surface area contributed by atoms with Crippen molar-refractivity contribution in [2.24, 2.45) is 11.7 Å². The van der Waals surface area contributed by atoms with Crippen molar-refractivity contribution in [3.8, 4) is 5.75 Å². The SMILES string of the molecule is CCCCC(CC)CNC(=O)COc1ccc(CN)cc1. The summed E-state index contributed by atoms with van der Waals surface area (Å²) < 4.78 is 5.46. The lowest BCUT2D eigenvalue weighted by Crippen LogP contribution is -2.33. The third-order valence-corrected chi connectivity index (χ3v) is 3.66. The third-order valence-electron chi connectivity index (χ3n) is 3.66. The van der Waals surface area contributed by atoms with Crippen molar-refractivity contribution < 1.29 is 9.53 Å². The van der Waals surface area contributed by atoms with E-state index >= 15 is 0 Å². The number of hydrogen-bond donors (Lipinski definition) is 2. The van der Waals surface area contributed by atoms with E-state index in [1.54, 1.807) is 0 Å². The highest BCUT2D eigenvalue weighted by molar-refractivity contribution is 5.77. The summed E-state index contributed by atoms with van der Waals surface area (Å²) in [5, 5.41) is 2.95. The predicted molar refractivity (Wildman–Crippen MR) is 86.1 cm³/mol. The molecule has 0 aliphatic rings. The van der Waals surface area contributed by atoms with Crippen molar-refractivity contribution in [1.29, 1.82) is 0 Å². The maximum Gasteiger partial charge on any atom is 0.257 e. The summed E-state index contributed by atoms with van der Waals surface area (Å²) in [5.74, 6) is 1.20. The molecule has 0 aromatic heterocycles. The number of unbranched alkanes of at least 4 members (excludes halogenated alkanes) is 1. The Labute approximate surface area is 128 Å². The molecule has 4 heteroatoms. The smallest absolute Gasteiger partial charge is 0.257 e. The molecule has 0 radical (unpaired) electrons. The quantitative estimate of drug-likeness (QED) is 0.697. The van der Waals surface area contributed by atoms with E-state index in [4.69, 9.17) is 10.5 Å². The number of nitrogens with two attached hydrogens (primary N) is 1. The summed E-state index contributed by atoms with van der Waals surface area (Å²) >= 11 is 0. The van der Waals surface area contributed by atoms with Crippen LogP contribution in [0.1, 0.15) is 45.1 Å². The van der Waals surface area contributed by atoms with Crippen LogP contribution in [0, 0.1) is 5.92 Å². The standard InChI is InChI=1S/C17H28N2O2/c1-3-5-6-14(4-2)12-19-17(20)13-21-16-9-7-15(11-18)8-10-16/h7-10,14H,3-6,11-13,18H2,1-2H3,(H,19,20). The van der Waals surface area contributed by atoms with Gasteiger partial charge in [-0.05, 0) is 30.0 Å². The highest BCUT2D eigenvalue weighted by atomic mass is 16.5. The zero-order chi connectivity index (χ0) is 15.5. The van der Waals surface area contributed by atoms with Gasteiger partial charge in [0.15, 0.2) is 6.61 Å². The lowest BCUT2D eigenvalue weighted by molar-refractivity contribution is -0.123. The average molecular weight is 292 g/mol. The van der Waals surface area contributed by atoms with E-state index in [-0.39, 0.29) is 12.5 Å². The van der Waals surface area contributed by atoms with Crippen LogP contribution in [0.2, 0.25) is 0 Å². The Bertz CT molecular complexity index is 404. The molecule has 1 amide bonds. The van der Waals surface area contributed by atoms with Gasteiger partial charge >= 0.3 is 0 Å². The zero-order valence-corrected chi connectivity index (χ0v) is 13.2. The van der Waals surface area contributed by atoms with Crippen molar-refractivity contribution >= 4 is 5.91 Å². The monoisotopic (exact) mass is 292 g/mol. The van der Waals surface area contributed by atoms with E-state index in [1.165, 1.54) is 19.3 Å². The first kappa shape index (κ1) is 17.5. The summed E-state index contributed by atoms with van der Waals surface area (Å²) in [6, 6.07) is 7.49.